The van der Waals surface area contributed by atoms with Crippen LogP contribution in [-0.4, -0.2) is 11.9 Å². The van der Waals surface area contributed by atoms with E-state index in [2.05, 4.69) is 18.2 Å². The van der Waals surface area contributed by atoms with Gasteiger partial charge in [0.05, 0.1) is 11.5 Å². The van der Waals surface area contributed by atoms with Crippen LogP contribution in [0.4, 0.5) is 0 Å². The van der Waals surface area contributed by atoms with Crippen molar-refractivity contribution < 1.29 is 23.5 Å². The number of hydrogen-bond donors (Lipinski definition) is 0. The van der Waals surface area contributed by atoms with Crippen LogP contribution in [0.25, 0.3) is 22.3 Å². The molecule has 1 heterocycles. The van der Waals surface area contributed by atoms with E-state index in [0.717, 1.165) is 12.8 Å². The van der Waals surface area contributed by atoms with Crippen molar-refractivity contribution >= 4 is 22.9 Å². The Morgan fingerprint density at radius 2 is 1.68 bits per heavy atom. The average molecular weight is 419 g/mol. The highest BCUT2D eigenvalue weighted by atomic mass is 16.6. The van der Waals surface area contributed by atoms with Gasteiger partial charge in [-0.1, -0.05) is 26.7 Å². The van der Waals surface area contributed by atoms with Gasteiger partial charge in [0.25, 0.3) is 0 Å². The molecule has 1 aromatic heterocycles. The summed E-state index contributed by atoms with van der Waals surface area (Å²) in [7, 11) is 0. The summed E-state index contributed by atoms with van der Waals surface area (Å²) in [5, 5.41) is 0.273. The third-order valence-electron chi connectivity index (χ3n) is 4.55. The van der Waals surface area contributed by atoms with Gasteiger partial charge in [0.15, 0.2) is 11.5 Å². The standard InChI is InChI=1S/C25H23O6/c1-3-5-11-24(27)30-21-14-13-17(15-23(21)31-25(28)12-6-4-2)22-16-19(26)18-9-7-8-10-20(18)29-22/h7,10,13-15H,3-6,11-12H2,1-2H3. The second-order valence-corrected chi connectivity index (χ2v) is 7.04. The summed E-state index contributed by atoms with van der Waals surface area (Å²) in [5.74, 6) is -0.446. The molecule has 0 unspecified atom stereocenters. The molecule has 3 radical (unpaired) electrons. The molecule has 0 fully saturated rings. The van der Waals surface area contributed by atoms with E-state index in [-0.39, 0.29) is 40.9 Å². The third-order valence-corrected chi connectivity index (χ3v) is 4.55. The number of ether oxygens (including phenoxy) is 2. The highest BCUT2D eigenvalue weighted by Gasteiger charge is 2.17. The predicted octanol–water partition coefficient (Wildman–Crippen LogP) is 5.05. The lowest BCUT2D eigenvalue weighted by molar-refractivity contribution is -0.137. The maximum Gasteiger partial charge on any atom is 0.311 e. The first-order valence-corrected chi connectivity index (χ1v) is 10.4. The van der Waals surface area contributed by atoms with E-state index in [1.165, 1.54) is 18.2 Å². The van der Waals surface area contributed by atoms with Gasteiger partial charge in [0, 0.05) is 18.4 Å². The zero-order valence-corrected chi connectivity index (χ0v) is 17.6. The van der Waals surface area contributed by atoms with Gasteiger partial charge < -0.3 is 13.9 Å². The first kappa shape index (κ1) is 22.3. The number of rotatable bonds is 9. The van der Waals surface area contributed by atoms with Gasteiger partial charge in [-0.25, -0.2) is 0 Å². The number of carbonyl (C=O) groups excluding carboxylic acids is 2. The Labute approximate surface area is 180 Å². The number of carbonyl (C=O) groups is 2. The van der Waals surface area contributed by atoms with Crippen LogP contribution in [-0.2, 0) is 9.59 Å². The van der Waals surface area contributed by atoms with E-state index in [9.17, 15) is 14.4 Å². The van der Waals surface area contributed by atoms with Crippen LogP contribution in [0.5, 0.6) is 11.5 Å². The fourth-order valence-electron chi connectivity index (χ4n) is 2.87. The van der Waals surface area contributed by atoms with Gasteiger partial charge >= 0.3 is 11.9 Å². The van der Waals surface area contributed by atoms with Crippen molar-refractivity contribution in [3.63, 3.8) is 0 Å². The van der Waals surface area contributed by atoms with Gasteiger partial charge in [-0.05, 0) is 55.3 Å². The lowest BCUT2D eigenvalue weighted by Gasteiger charge is -2.12. The van der Waals surface area contributed by atoms with E-state index in [4.69, 9.17) is 13.9 Å². The molecule has 0 aliphatic heterocycles. The summed E-state index contributed by atoms with van der Waals surface area (Å²) < 4.78 is 16.6. The Morgan fingerprint density at radius 1 is 1.00 bits per heavy atom. The van der Waals surface area contributed by atoms with Crippen LogP contribution in [0, 0.1) is 18.2 Å². The maximum absolute atomic E-state index is 12.4. The molecule has 159 valence electrons. The first-order valence-electron chi connectivity index (χ1n) is 10.4. The maximum atomic E-state index is 12.4. The minimum absolute atomic E-state index is 0.0887. The van der Waals surface area contributed by atoms with Crippen molar-refractivity contribution in [3.8, 4) is 22.8 Å². The summed E-state index contributed by atoms with van der Waals surface area (Å²) in [6, 6.07) is 15.9. The minimum atomic E-state index is -0.432. The quantitative estimate of drug-likeness (QED) is 0.356. The Hall–Kier alpha value is -3.41. The van der Waals surface area contributed by atoms with Crippen molar-refractivity contribution in [3.05, 3.63) is 58.8 Å². The molecule has 0 amide bonds. The molecule has 0 aliphatic carbocycles. The topological polar surface area (TPSA) is 82.8 Å². The van der Waals surface area contributed by atoms with Crippen LogP contribution < -0.4 is 14.9 Å². The smallest absolute Gasteiger partial charge is 0.311 e. The first-order chi connectivity index (χ1) is 15.0. The molecule has 6 heteroatoms. The van der Waals surface area contributed by atoms with Gasteiger partial charge in [0.1, 0.15) is 11.3 Å². The van der Waals surface area contributed by atoms with E-state index in [1.807, 2.05) is 13.8 Å². The normalized spacial score (nSPS) is 10.8. The number of unbranched alkanes of at least 4 members (excludes halogenated alkanes) is 2. The summed E-state index contributed by atoms with van der Waals surface area (Å²) in [4.78, 5) is 36.6. The molecule has 0 saturated carbocycles. The Morgan fingerprint density at radius 3 is 2.35 bits per heavy atom. The highest BCUT2D eigenvalue weighted by molar-refractivity contribution is 5.80. The molecule has 0 atom stereocenters. The molecule has 0 spiro atoms. The molecule has 0 aliphatic rings. The minimum Gasteiger partial charge on any atom is -0.455 e. The van der Waals surface area contributed by atoms with Crippen LogP contribution in [0.2, 0.25) is 0 Å². The molecule has 0 saturated heterocycles. The number of benzene rings is 2. The molecule has 0 N–H and O–H groups in total. The van der Waals surface area contributed by atoms with E-state index >= 15 is 0 Å². The largest absolute Gasteiger partial charge is 0.455 e. The second-order valence-electron chi connectivity index (χ2n) is 7.04. The lowest BCUT2D eigenvalue weighted by Crippen LogP contribution is -2.12. The molecule has 0 bridgehead atoms. The Bertz CT molecular complexity index is 1130. The second kappa shape index (κ2) is 10.6. The molecular weight excluding hydrogens is 396 g/mol. The van der Waals surface area contributed by atoms with Crippen molar-refractivity contribution in [2.75, 3.05) is 0 Å². The lowest BCUT2D eigenvalue weighted by atomic mass is 10.1. The van der Waals surface area contributed by atoms with Crippen molar-refractivity contribution in [1.82, 2.24) is 0 Å². The predicted molar refractivity (Wildman–Crippen MR) is 115 cm³/mol. The Balaban J connectivity index is 1.96. The van der Waals surface area contributed by atoms with Gasteiger partial charge in [0.2, 0.25) is 5.43 Å². The fraction of sp³-hybridized carbons (Fsp3) is 0.320. The van der Waals surface area contributed by atoms with Crippen LogP contribution in [0.15, 0.2) is 39.5 Å². The molecular formula is C25H23O6. The highest BCUT2D eigenvalue weighted by Crippen LogP contribution is 2.34. The summed E-state index contributed by atoms with van der Waals surface area (Å²) >= 11 is 0. The fourth-order valence-corrected chi connectivity index (χ4v) is 2.87. The number of hydrogen-bond acceptors (Lipinski definition) is 6. The molecule has 31 heavy (non-hydrogen) atoms. The van der Waals surface area contributed by atoms with E-state index < -0.39 is 11.9 Å². The summed E-state index contributed by atoms with van der Waals surface area (Å²) in [6.45, 7) is 3.95. The van der Waals surface area contributed by atoms with Crippen LogP contribution >= 0.6 is 0 Å². The van der Waals surface area contributed by atoms with Gasteiger partial charge in [-0.15, -0.1) is 0 Å². The molecule has 6 nitrogen and oxygen atoms in total. The van der Waals surface area contributed by atoms with Crippen molar-refractivity contribution in [2.45, 2.75) is 52.4 Å². The van der Waals surface area contributed by atoms with Crippen LogP contribution in [0.3, 0.4) is 0 Å². The zero-order valence-electron chi connectivity index (χ0n) is 17.6. The van der Waals surface area contributed by atoms with Gasteiger partial charge in [-0.2, -0.15) is 0 Å². The average Bonchev–Trinajstić information content (AvgIpc) is 2.77. The van der Waals surface area contributed by atoms with Crippen molar-refractivity contribution in [1.29, 1.82) is 0 Å². The third kappa shape index (κ3) is 5.81. The SMILES string of the molecule is CCCCC(=O)Oc1ccc(-c2[c]c(=O)c3[c]c[c]cc3o2)cc1OC(=O)CCCC. The van der Waals surface area contributed by atoms with E-state index in [0.29, 0.717) is 24.0 Å². The molecule has 3 rings (SSSR count). The Kier molecular flexibility index (Phi) is 7.60. The van der Waals surface area contributed by atoms with Crippen LogP contribution in [0.1, 0.15) is 52.4 Å². The van der Waals surface area contributed by atoms with Crippen molar-refractivity contribution in [2.24, 2.45) is 0 Å². The molecule has 3 aromatic rings. The van der Waals surface area contributed by atoms with Gasteiger partial charge in [-0.3, -0.25) is 14.4 Å². The molecule has 2 aromatic carbocycles. The van der Waals surface area contributed by atoms with E-state index in [1.54, 1.807) is 12.1 Å². The zero-order chi connectivity index (χ0) is 22.2. The summed E-state index contributed by atoms with van der Waals surface area (Å²) in [6.07, 6.45) is 3.60. The number of fused-ring (bicyclic) bond motifs is 1. The summed E-state index contributed by atoms with van der Waals surface area (Å²) in [5.41, 5.74) is 0.397. The number of esters is 2. The monoisotopic (exact) mass is 419 g/mol.